The van der Waals surface area contributed by atoms with Crippen molar-refractivity contribution in [3.63, 3.8) is 0 Å². The predicted molar refractivity (Wildman–Crippen MR) is 53.3 cm³/mol. The van der Waals surface area contributed by atoms with Gasteiger partial charge < -0.3 is 5.11 Å². The molecule has 14 heavy (non-hydrogen) atoms. The fourth-order valence-electron chi connectivity index (χ4n) is 1.38. The third kappa shape index (κ3) is 2.87. The molecular weight excluding hydrogens is 180 g/mol. The Bertz CT molecular complexity index is 294. The van der Waals surface area contributed by atoms with Crippen LogP contribution in [0.3, 0.4) is 0 Å². The van der Waals surface area contributed by atoms with Gasteiger partial charge in [0.15, 0.2) is 0 Å². The summed E-state index contributed by atoms with van der Waals surface area (Å²) in [5.41, 5.74) is 0.279. The molecule has 0 aliphatic rings. The Kier molecular flexibility index (Phi) is 4.16. The first kappa shape index (κ1) is 10.8. The highest BCUT2D eigenvalue weighted by molar-refractivity contribution is 5.85. The van der Waals surface area contributed by atoms with Gasteiger partial charge in [0.05, 0.1) is 0 Å². The molecule has 0 saturated carbocycles. The minimum Gasteiger partial charge on any atom is -0.477 e. The molecule has 0 aliphatic heterocycles. The van der Waals surface area contributed by atoms with Crippen LogP contribution in [0.25, 0.3) is 0 Å². The van der Waals surface area contributed by atoms with E-state index in [9.17, 15) is 4.79 Å². The van der Waals surface area contributed by atoms with Gasteiger partial charge in [-0.25, -0.2) is 4.79 Å². The van der Waals surface area contributed by atoms with Gasteiger partial charge in [-0.3, -0.25) is 4.68 Å². The van der Waals surface area contributed by atoms with Crippen molar-refractivity contribution < 1.29 is 9.90 Å². The summed E-state index contributed by atoms with van der Waals surface area (Å²) in [6, 6.07) is 1.53. The standard InChI is InChI=1S/C10H16N2O2/c1-2-3-4-5-8-12-9(10(13)14)6-7-11-12/h6-7H,2-5,8H2,1H3,(H,13,14). The molecular formula is C10H16N2O2. The molecule has 0 amide bonds. The number of carboxylic acid groups (broad SMARTS) is 1. The zero-order valence-electron chi connectivity index (χ0n) is 8.44. The van der Waals surface area contributed by atoms with Crippen LogP contribution in [-0.4, -0.2) is 20.9 Å². The van der Waals surface area contributed by atoms with Gasteiger partial charge in [0, 0.05) is 12.7 Å². The molecule has 1 rings (SSSR count). The highest BCUT2D eigenvalue weighted by Crippen LogP contribution is 2.04. The second-order valence-corrected chi connectivity index (χ2v) is 3.31. The number of aromatic carboxylic acids is 1. The molecule has 1 N–H and O–H groups in total. The van der Waals surface area contributed by atoms with E-state index in [0.29, 0.717) is 6.54 Å². The molecule has 4 heteroatoms. The van der Waals surface area contributed by atoms with Gasteiger partial charge in [-0.1, -0.05) is 26.2 Å². The minimum absolute atomic E-state index is 0.279. The zero-order valence-corrected chi connectivity index (χ0v) is 8.44. The van der Waals surface area contributed by atoms with Crippen LogP contribution >= 0.6 is 0 Å². The first-order chi connectivity index (χ1) is 6.75. The van der Waals surface area contributed by atoms with Crippen LogP contribution in [0.2, 0.25) is 0 Å². The Hall–Kier alpha value is -1.32. The van der Waals surface area contributed by atoms with Gasteiger partial charge >= 0.3 is 5.97 Å². The van der Waals surface area contributed by atoms with Gasteiger partial charge in [-0.2, -0.15) is 5.10 Å². The summed E-state index contributed by atoms with van der Waals surface area (Å²) in [5.74, 6) is -0.905. The molecule has 1 heterocycles. The van der Waals surface area contributed by atoms with Crippen molar-refractivity contribution in [3.05, 3.63) is 18.0 Å². The molecule has 0 fully saturated rings. The molecule has 0 aliphatic carbocycles. The van der Waals surface area contributed by atoms with E-state index < -0.39 is 5.97 Å². The van der Waals surface area contributed by atoms with Crippen LogP contribution in [-0.2, 0) is 6.54 Å². The van der Waals surface area contributed by atoms with Gasteiger partial charge in [0.1, 0.15) is 5.69 Å². The van der Waals surface area contributed by atoms with Crippen LogP contribution in [0.15, 0.2) is 12.3 Å². The number of unbranched alkanes of at least 4 members (excludes halogenated alkanes) is 3. The quantitative estimate of drug-likeness (QED) is 0.709. The Morgan fingerprint density at radius 2 is 2.29 bits per heavy atom. The van der Waals surface area contributed by atoms with Gasteiger partial charge in [0.2, 0.25) is 0 Å². The number of rotatable bonds is 6. The molecule has 0 bridgehead atoms. The molecule has 1 aromatic heterocycles. The molecule has 0 atom stereocenters. The van der Waals surface area contributed by atoms with Crippen molar-refractivity contribution in [1.82, 2.24) is 9.78 Å². The van der Waals surface area contributed by atoms with Crippen molar-refractivity contribution in [2.24, 2.45) is 0 Å². The number of nitrogens with zero attached hydrogens (tertiary/aromatic N) is 2. The van der Waals surface area contributed by atoms with Crippen LogP contribution in [0, 0.1) is 0 Å². The Balaban J connectivity index is 2.42. The summed E-state index contributed by atoms with van der Waals surface area (Å²) < 4.78 is 1.55. The van der Waals surface area contributed by atoms with E-state index >= 15 is 0 Å². The maximum absolute atomic E-state index is 10.7. The predicted octanol–water partition coefficient (Wildman–Crippen LogP) is 2.16. The first-order valence-corrected chi connectivity index (χ1v) is 5.00. The lowest BCUT2D eigenvalue weighted by molar-refractivity contribution is 0.0683. The second kappa shape index (κ2) is 5.42. The van der Waals surface area contributed by atoms with Crippen LogP contribution in [0.5, 0.6) is 0 Å². The summed E-state index contributed by atoms with van der Waals surface area (Å²) in [7, 11) is 0. The van der Waals surface area contributed by atoms with Crippen LogP contribution < -0.4 is 0 Å². The lowest BCUT2D eigenvalue weighted by Crippen LogP contribution is -2.09. The lowest BCUT2D eigenvalue weighted by Gasteiger charge is -2.03. The van der Waals surface area contributed by atoms with E-state index in [1.54, 1.807) is 4.68 Å². The molecule has 0 unspecified atom stereocenters. The van der Waals surface area contributed by atoms with Crippen molar-refractivity contribution in [3.8, 4) is 0 Å². The highest BCUT2D eigenvalue weighted by atomic mass is 16.4. The number of hydrogen-bond donors (Lipinski definition) is 1. The monoisotopic (exact) mass is 196 g/mol. The van der Waals surface area contributed by atoms with Crippen molar-refractivity contribution in [2.75, 3.05) is 0 Å². The van der Waals surface area contributed by atoms with Crippen LogP contribution in [0.1, 0.15) is 43.1 Å². The summed E-state index contributed by atoms with van der Waals surface area (Å²) in [5, 5.41) is 12.8. The number of carboxylic acids is 1. The third-order valence-corrected chi connectivity index (χ3v) is 2.16. The van der Waals surface area contributed by atoms with Crippen molar-refractivity contribution in [1.29, 1.82) is 0 Å². The summed E-state index contributed by atoms with van der Waals surface area (Å²) in [4.78, 5) is 10.7. The van der Waals surface area contributed by atoms with E-state index in [2.05, 4.69) is 12.0 Å². The number of hydrogen-bond acceptors (Lipinski definition) is 2. The smallest absolute Gasteiger partial charge is 0.354 e. The fraction of sp³-hybridized carbons (Fsp3) is 0.600. The van der Waals surface area contributed by atoms with Crippen molar-refractivity contribution >= 4 is 5.97 Å². The maximum atomic E-state index is 10.7. The Labute approximate surface area is 83.5 Å². The van der Waals surface area contributed by atoms with E-state index in [0.717, 1.165) is 12.8 Å². The van der Waals surface area contributed by atoms with E-state index in [-0.39, 0.29) is 5.69 Å². The Morgan fingerprint density at radius 3 is 2.93 bits per heavy atom. The number of carbonyl (C=O) groups is 1. The summed E-state index contributed by atoms with van der Waals surface area (Å²) in [6.45, 7) is 2.85. The number of aryl methyl sites for hydroxylation is 1. The molecule has 78 valence electrons. The largest absolute Gasteiger partial charge is 0.477 e. The molecule has 0 aromatic carbocycles. The molecule has 1 aromatic rings. The average Bonchev–Trinajstić information content (AvgIpc) is 2.60. The van der Waals surface area contributed by atoms with Crippen molar-refractivity contribution in [2.45, 2.75) is 39.2 Å². The van der Waals surface area contributed by atoms with E-state index in [1.807, 2.05) is 0 Å². The van der Waals surface area contributed by atoms with E-state index in [4.69, 9.17) is 5.11 Å². The van der Waals surface area contributed by atoms with Crippen LogP contribution in [0.4, 0.5) is 0 Å². The van der Waals surface area contributed by atoms with E-state index in [1.165, 1.54) is 25.1 Å². The van der Waals surface area contributed by atoms with Gasteiger partial charge in [0.25, 0.3) is 0 Å². The summed E-state index contributed by atoms with van der Waals surface area (Å²) >= 11 is 0. The minimum atomic E-state index is -0.905. The zero-order chi connectivity index (χ0) is 10.4. The topological polar surface area (TPSA) is 55.1 Å². The SMILES string of the molecule is CCCCCCn1nccc1C(=O)O. The normalized spacial score (nSPS) is 10.4. The highest BCUT2D eigenvalue weighted by Gasteiger charge is 2.08. The fourth-order valence-corrected chi connectivity index (χ4v) is 1.38. The average molecular weight is 196 g/mol. The third-order valence-electron chi connectivity index (χ3n) is 2.16. The lowest BCUT2D eigenvalue weighted by atomic mass is 10.2. The maximum Gasteiger partial charge on any atom is 0.354 e. The first-order valence-electron chi connectivity index (χ1n) is 5.00. The molecule has 0 spiro atoms. The molecule has 4 nitrogen and oxygen atoms in total. The number of aromatic nitrogens is 2. The summed E-state index contributed by atoms with van der Waals surface area (Å²) in [6.07, 6.45) is 6.04. The van der Waals surface area contributed by atoms with Gasteiger partial charge in [-0.15, -0.1) is 0 Å². The van der Waals surface area contributed by atoms with Gasteiger partial charge in [-0.05, 0) is 12.5 Å². The molecule has 0 saturated heterocycles. The second-order valence-electron chi connectivity index (χ2n) is 3.31. The molecule has 0 radical (unpaired) electrons. The Morgan fingerprint density at radius 1 is 1.50 bits per heavy atom.